The van der Waals surface area contributed by atoms with Gasteiger partial charge in [0, 0.05) is 25.1 Å². The molecule has 2 heterocycles. The molecular formula is C16H18F2N2O3. The molecule has 0 aliphatic carbocycles. The molecule has 0 spiro atoms. The van der Waals surface area contributed by atoms with E-state index in [0.29, 0.717) is 26.3 Å². The highest BCUT2D eigenvalue weighted by Crippen LogP contribution is 2.25. The summed E-state index contributed by atoms with van der Waals surface area (Å²) in [5, 5.41) is 0. The lowest BCUT2D eigenvalue weighted by Gasteiger charge is -2.32. The fourth-order valence-corrected chi connectivity index (χ4v) is 3.00. The molecule has 2 atom stereocenters. The van der Waals surface area contributed by atoms with Gasteiger partial charge in [0.15, 0.2) is 0 Å². The van der Waals surface area contributed by atoms with Crippen LogP contribution < -0.4 is 0 Å². The molecule has 23 heavy (non-hydrogen) atoms. The lowest BCUT2D eigenvalue weighted by molar-refractivity contribution is -0.139. The molecule has 0 aromatic heterocycles. The number of morpholine rings is 1. The van der Waals surface area contributed by atoms with E-state index < -0.39 is 23.9 Å². The Morgan fingerprint density at radius 3 is 2.43 bits per heavy atom. The minimum atomic E-state index is -1.23. The third-order valence-electron chi connectivity index (χ3n) is 4.21. The lowest BCUT2D eigenvalue weighted by Crippen LogP contribution is -2.51. The molecule has 2 aliphatic heterocycles. The highest BCUT2D eigenvalue weighted by atomic mass is 19.1. The fraction of sp³-hybridized carbons (Fsp3) is 0.500. The van der Waals surface area contributed by atoms with E-state index in [1.807, 2.05) is 0 Å². The summed E-state index contributed by atoms with van der Waals surface area (Å²) >= 11 is 0. The van der Waals surface area contributed by atoms with Crippen LogP contribution in [-0.2, 0) is 9.53 Å². The van der Waals surface area contributed by atoms with Crippen molar-refractivity contribution >= 4 is 11.8 Å². The number of ether oxygens (including phenoxy) is 1. The SMILES string of the molecule is O=C([C@@H]1C[C@H](F)CN1C(=O)c1ccc(F)cc1)N1CCOCC1. The maximum atomic E-state index is 13.8. The predicted molar refractivity (Wildman–Crippen MR) is 78.1 cm³/mol. The molecule has 0 radical (unpaired) electrons. The summed E-state index contributed by atoms with van der Waals surface area (Å²) in [7, 11) is 0. The first-order valence-electron chi connectivity index (χ1n) is 7.63. The molecule has 5 nitrogen and oxygen atoms in total. The molecule has 1 aromatic rings. The van der Waals surface area contributed by atoms with E-state index in [1.165, 1.54) is 29.2 Å². The van der Waals surface area contributed by atoms with Crippen LogP contribution >= 0.6 is 0 Å². The maximum absolute atomic E-state index is 13.8. The molecule has 0 unspecified atom stereocenters. The van der Waals surface area contributed by atoms with Gasteiger partial charge in [0.25, 0.3) is 5.91 Å². The number of halogens is 2. The van der Waals surface area contributed by atoms with Gasteiger partial charge in [-0.1, -0.05) is 0 Å². The summed E-state index contributed by atoms with van der Waals surface area (Å²) in [5.41, 5.74) is 0.250. The number of carbonyl (C=O) groups excluding carboxylic acids is 2. The monoisotopic (exact) mass is 324 g/mol. The number of hydrogen-bond donors (Lipinski definition) is 0. The van der Waals surface area contributed by atoms with Crippen LogP contribution in [0.1, 0.15) is 16.8 Å². The van der Waals surface area contributed by atoms with Gasteiger partial charge in [-0.05, 0) is 24.3 Å². The van der Waals surface area contributed by atoms with Crippen LogP contribution in [-0.4, -0.2) is 66.7 Å². The molecular weight excluding hydrogens is 306 g/mol. The summed E-state index contributed by atoms with van der Waals surface area (Å²) in [4.78, 5) is 28.0. The summed E-state index contributed by atoms with van der Waals surface area (Å²) in [6, 6.07) is 4.24. The summed E-state index contributed by atoms with van der Waals surface area (Å²) < 4.78 is 32.0. The Morgan fingerprint density at radius 2 is 1.78 bits per heavy atom. The maximum Gasteiger partial charge on any atom is 0.254 e. The van der Waals surface area contributed by atoms with Crippen molar-refractivity contribution in [1.82, 2.24) is 9.80 Å². The Morgan fingerprint density at radius 1 is 1.13 bits per heavy atom. The number of hydrogen-bond acceptors (Lipinski definition) is 3. The van der Waals surface area contributed by atoms with Crippen LogP contribution in [0.15, 0.2) is 24.3 Å². The van der Waals surface area contributed by atoms with Crippen molar-refractivity contribution in [2.75, 3.05) is 32.8 Å². The molecule has 0 N–H and O–H groups in total. The largest absolute Gasteiger partial charge is 0.378 e. The van der Waals surface area contributed by atoms with Crippen molar-refractivity contribution in [2.24, 2.45) is 0 Å². The molecule has 124 valence electrons. The molecule has 3 rings (SSSR count). The van der Waals surface area contributed by atoms with E-state index in [9.17, 15) is 18.4 Å². The number of rotatable bonds is 2. The average Bonchev–Trinajstić information content (AvgIpc) is 2.97. The van der Waals surface area contributed by atoms with E-state index in [0.717, 1.165) is 0 Å². The van der Waals surface area contributed by atoms with Crippen molar-refractivity contribution in [2.45, 2.75) is 18.6 Å². The first-order valence-corrected chi connectivity index (χ1v) is 7.63. The molecule has 7 heteroatoms. The topological polar surface area (TPSA) is 49.9 Å². The van der Waals surface area contributed by atoms with Crippen LogP contribution in [0.5, 0.6) is 0 Å². The number of amides is 2. The van der Waals surface area contributed by atoms with Gasteiger partial charge < -0.3 is 14.5 Å². The van der Waals surface area contributed by atoms with Crippen molar-refractivity contribution in [3.8, 4) is 0 Å². The zero-order valence-electron chi connectivity index (χ0n) is 12.6. The van der Waals surface area contributed by atoms with Crippen LogP contribution in [0, 0.1) is 5.82 Å². The Hall–Kier alpha value is -2.02. The van der Waals surface area contributed by atoms with Crippen LogP contribution in [0.4, 0.5) is 8.78 Å². The third-order valence-corrected chi connectivity index (χ3v) is 4.21. The van der Waals surface area contributed by atoms with E-state index in [2.05, 4.69) is 0 Å². The Balaban J connectivity index is 1.77. The first kappa shape index (κ1) is 15.9. The molecule has 2 fully saturated rings. The highest BCUT2D eigenvalue weighted by molar-refractivity contribution is 5.98. The molecule has 0 bridgehead atoms. The van der Waals surface area contributed by atoms with E-state index in [1.54, 1.807) is 4.90 Å². The fourth-order valence-electron chi connectivity index (χ4n) is 3.00. The Kier molecular flexibility index (Phi) is 4.56. The van der Waals surface area contributed by atoms with Crippen molar-refractivity contribution < 1.29 is 23.1 Å². The van der Waals surface area contributed by atoms with Gasteiger partial charge in [-0.25, -0.2) is 8.78 Å². The Labute approximate surface area is 132 Å². The predicted octanol–water partition coefficient (Wildman–Crippen LogP) is 1.24. The summed E-state index contributed by atoms with van der Waals surface area (Å²) in [6.07, 6.45) is -1.22. The van der Waals surface area contributed by atoms with Crippen molar-refractivity contribution in [1.29, 1.82) is 0 Å². The van der Waals surface area contributed by atoms with E-state index in [4.69, 9.17) is 4.74 Å². The minimum absolute atomic E-state index is 0.00310. The number of benzene rings is 1. The van der Waals surface area contributed by atoms with Gasteiger partial charge in [-0.3, -0.25) is 9.59 Å². The zero-order chi connectivity index (χ0) is 16.4. The highest BCUT2D eigenvalue weighted by Gasteiger charge is 2.42. The van der Waals surface area contributed by atoms with Gasteiger partial charge in [0.2, 0.25) is 5.91 Å². The van der Waals surface area contributed by atoms with E-state index >= 15 is 0 Å². The third kappa shape index (κ3) is 3.34. The van der Waals surface area contributed by atoms with Crippen molar-refractivity contribution in [3.05, 3.63) is 35.6 Å². The van der Waals surface area contributed by atoms with Gasteiger partial charge in [-0.2, -0.15) is 0 Å². The number of carbonyl (C=O) groups is 2. The smallest absolute Gasteiger partial charge is 0.254 e. The quantitative estimate of drug-likeness (QED) is 0.822. The average molecular weight is 324 g/mol. The first-order chi connectivity index (χ1) is 11.1. The molecule has 1 aromatic carbocycles. The number of likely N-dealkylation sites (tertiary alicyclic amines) is 1. The summed E-state index contributed by atoms with van der Waals surface area (Å²) in [5.74, 6) is -1.15. The molecule has 0 saturated carbocycles. The van der Waals surface area contributed by atoms with Gasteiger partial charge in [-0.15, -0.1) is 0 Å². The van der Waals surface area contributed by atoms with Gasteiger partial charge in [0.05, 0.1) is 19.8 Å². The normalized spacial score (nSPS) is 24.8. The second-order valence-corrected chi connectivity index (χ2v) is 5.75. The zero-order valence-corrected chi connectivity index (χ0v) is 12.6. The number of alkyl halides is 1. The molecule has 2 saturated heterocycles. The summed E-state index contributed by atoms with van der Waals surface area (Å²) in [6.45, 7) is 1.68. The van der Waals surface area contributed by atoms with Gasteiger partial charge >= 0.3 is 0 Å². The lowest BCUT2D eigenvalue weighted by atomic mass is 10.1. The van der Waals surface area contributed by atoms with Gasteiger partial charge in [0.1, 0.15) is 18.0 Å². The Bertz CT molecular complexity index is 587. The molecule has 2 amide bonds. The second kappa shape index (κ2) is 6.62. The number of nitrogens with zero attached hydrogens (tertiary/aromatic N) is 2. The molecule has 2 aliphatic rings. The standard InChI is InChI=1S/C16H18F2N2O3/c17-12-3-1-11(2-4-12)15(21)20-10-13(18)9-14(20)16(22)19-5-7-23-8-6-19/h1-4,13-14H,5-10H2/t13-,14-/m0/s1. The van der Waals surface area contributed by atoms with Crippen LogP contribution in [0.2, 0.25) is 0 Å². The second-order valence-electron chi connectivity index (χ2n) is 5.75. The van der Waals surface area contributed by atoms with E-state index in [-0.39, 0.29) is 24.4 Å². The van der Waals surface area contributed by atoms with Crippen LogP contribution in [0.25, 0.3) is 0 Å². The van der Waals surface area contributed by atoms with Crippen molar-refractivity contribution in [3.63, 3.8) is 0 Å². The van der Waals surface area contributed by atoms with Crippen LogP contribution in [0.3, 0.4) is 0 Å². The minimum Gasteiger partial charge on any atom is -0.378 e.